The summed E-state index contributed by atoms with van der Waals surface area (Å²) in [6.45, 7) is 0.953. The van der Waals surface area contributed by atoms with Crippen LogP contribution in [0.15, 0.2) is 73.1 Å². The van der Waals surface area contributed by atoms with Crippen molar-refractivity contribution >= 4 is 21.5 Å². The molecule has 4 rings (SSSR count). The first kappa shape index (κ1) is 19.5. The zero-order valence-electron chi connectivity index (χ0n) is 15.8. The molecule has 150 valence electrons. The van der Waals surface area contributed by atoms with Crippen LogP contribution in [0.4, 0.5) is 11.5 Å². The summed E-state index contributed by atoms with van der Waals surface area (Å²) < 4.78 is 32.9. The molecule has 1 aliphatic heterocycles. The number of morpholine rings is 1. The Morgan fingerprint density at radius 2 is 1.86 bits per heavy atom. The van der Waals surface area contributed by atoms with Gasteiger partial charge in [-0.15, -0.1) is 0 Å². The Labute approximate surface area is 170 Å². The number of benzene rings is 1. The smallest absolute Gasteiger partial charge is 0.218 e. The van der Waals surface area contributed by atoms with E-state index in [1.807, 2.05) is 60.7 Å². The third-order valence-electron chi connectivity index (χ3n) is 4.67. The standard InChI is InChI=1S/C21H22N4O3S/c26-29(27,16-17-6-2-1-3-7-17)25-12-13-28-20(15-25)19-10-9-18(14-23-19)24-21-8-4-5-11-22-21/h1-11,14,20H,12-13,15-16H2,(H,22,24)/t20-/m0/s1. The van der Waals surface area contributed by atoms with Crippen molar-refractivity contribution < 1.29 is 13.2 Å². The second-order valence-corrected chi connectivity index (χ2v) is 8.74. The molecular weight excluding hydrogens is 388 g/mol. The normalized spacial score (nSPS) is 17.7. The van der Waals surface area contributed by atoms with Gasteiger partial charge in [0.15, 0.2) is 0 Å². The van der Waals surface area contributed by atoms with Gasteiger partial charge in [-0.2, -0.15) is 4.31 Å². The maximum absolute atomic E-state index is 12.8. The Morgan fingerprint density at radius 3 is 2.59 bits per heavy atom. The number of hydrogen-bond acceptors (Lipinski definition) is 6. The van der Waals surface area contributed by atoms with E-state index in [1.54, 1.807) is 12.4 Å². The quantitative estimate of drug-likeness (QED) is 0.672. The molecular formula is C21H22N4O3S. The molecule has 29 heavy (non-hydrogen) atoms. The Morgan fingerprint density at radius 1 is 1.03 bits per heavy atom. The fourth-order valence-corrected chi connectivity index (χ4v) is 4.70. The van der Waals surface area contributed by atoms with E-state index in [2.05, 4.69) is 15.3 Å². The zero-order valence-corrected chi connectivity index (χ0v) is 16.6. The van der Waals surface area contributed by atoms with Gasteiger partial charge in [-0.3, -0.25) is 4.98 Å². The van der Waals surface area contributed by atoms with Crippen LogP contribution < -0.4 is 5.32 Å². The Bertz CT molecular complexity index is 1030. The van der Waals surface area contributed by atoms with Crippen molar-refractivity contribution in [3.63, 3.8) is 0 Å². The van der Waals surface area contributed by atoms with Crippen LogP contribution in [0.3, 0.4) is 0 Å². The number of nitrogens with zero attached hydrogens (tertiary/aromatic N) is 3. The number of rotatable bonds is 6. The molecule has 0 saturated carbocycles. The van der Waals surface area contributed by atoms with E-state index in [4.69, 9.17) is 4.74 Å². The van der Waals surface area contributed by atoms with Gasteiger partial charge in [0.25, 0.3) is 0 Å². The summed E-state index contributed by atoms with van der Waals surface area (Å²) in [4.78, 5) is 8.68. The van der Waals surface area contributed by atoms with Crippen molar-refractivity contribution in [2.24, 2.45) is 0 Å². The molecule has 0 spiro atoms. The van der Waals surface area contributed by atoms with E-state index in [-0.39, 0.29) is 12.3 Å². The topological polar surface area (TPSA) is 84.4 Å². The molecule has 0 aliphatic carbocycles. The van der Waals surface area contributed by atoms with Gasteiger partial charge >= 0.3 is 0 Å². The first-order valence-corrected chi connectivity index (χ1v) is 11.0. The molecule has 0 unspecified atom stereocenters. The summed E-state index contributed by atoms with van der Waals surface area (Å²) >= 11 is 0. The van der Waals surface area contributed by atoms with Crippen molar-refractivity contribution in [1.82, 2.24) is 14.3 Å². The molecule has 3 heterocycles. The van der Waals surface area contributed by atoms with Gasteiger partial charge in [0.2, 0.25) is 10.0 Å². The number of hydrogen-bond donors (Lipinski definition) is 1. The van der Waals surface area contributed by atoms with Crippen molar-refractivity contribution in [2.75, 3.05) is 25.0 Å². The van der Waals surface area contributed by atoms with Crippen molar-refractivity contribution in [3.8, 4) is 0 Å². The van der Waals surface area contributed by atoms with E-state index in [0.717, 1.165) is 17.1 Å². The predicted octanol–water partition coefficient (Wildman–Crippen LogP) is 3.12. The van der Waals surface area contributed by atoms with Gasteiger partial charge < -0.3 is 10.1 Å². The molecule has 1 fully saturated rings. The van der Waals surface area contributed by atoms with Crippen molar-refractivity contribution in [1.29, 1.82) is 0 Å². The van der Waals surface area contributed by atoms with E-state index >= 15 is 0 Å². The summed E-state index contributed by atoms with van der Waals surface area (Å²) in [5.74, 6) is 0.718. The lowest BCUT2D eigenvalue weighted by molar-refractivity contribution is -0.00497. The number of aromatic nitrogens is 2. The largest absolute Gasteiger partial charge is 0.369 e. The second-order valence-electron chi connectivity index (χ2n) is 6.77. The zero-order chi connectivity index (χ0) is 20.1. The van der Waals surface area contributed by atoms with Gasteiger partial charge in [-0.1, -0.05) is 36.4 Å². The van der Waals surface area contributed by atoms with E-state index < -0.39 is 16.1 Å². The fraction of sp³-hybridized carbons (Fsp3) is 0.238. The SMILES string of the molecule is O=S(=O)(Cc1ccccc1)N1CCO[C@H](c2ccc(Nc3ccccn3)cn2)C1. The lowest BCUT2D eigenvalue weighted by atomic mass is 10.2. The average Bonchev–Trinajstić information content (AvgIpc) is 2.76. The minimum absolute atomic E-state index is 0.0130. The molecule has 0 amide bonds. The molecule has 1 atom stereocenters. The lowest BCUT2D eigenvalue weighted by Crippen LogP contribution is -2.42. The fourth-order valence-electron chi connectivity index (χ4n) is 3.19. The molecule has 7 nitrogen and oxygen atoms in total. The second kappa shape index (κ2) is 8.69. The molecule has 1 N–H and O–H groups in total. The number of sulfonamides is 1. The average molecular weight is 410 g/mol. The van der Waals surface area contributed by atoms with E-state index in [9.17, 15) is 8.42 Å². The minimum Gasteiger partial charge on any atom is -0.369 e. The molecule has 0 radical (unpaired) electrons. The molecule has 1 aromatic carbocycles. The van der Waals surface area contributed by atoms with Crippen LogP contribution in [0.5, 0.6) is 0 Å². The first-order valence-electron chi connectivity index (χ1n) is 9.37. The maximum Gasteiger partial charge on any atom is 0.218 e. The number of pyridine rings is 2. The summed E-state index contributed by atoms with van der Waals surface area (Å²) in [5, 5.41) is 3.17. The lowest BCUT2D eigenvalue weighted by Gasteiger charge is -2.32. The van der Waals surface area contributed by atoms with Crippen LogP contribution in [-0.2, 0) is 20.5 Å². The van der Waals surface area contributed by atoms with Crippen LogP contribution in [-0.4, -0.2) is 42.4 Å². The van der Waals surface area contributed by atoms with Gasteiger partial charge in [0, 0.05) is 19.3 Å². The number of ether oxygens (including phenoxy) is 1. The predicted molar refractivity (Wildman–Crippen MR) is 111 cm³/mol. The molecule has 1 saturated heterocycles. The van der Waals surface area contributed by atoms with E-state index in [1.165, 1.54) is 4.31 Å². The molecule has 0 bridgehead atoms. The van der Waals surface area contributed by atoms with Gasteiger partial charge in [-0.25, -0.2) is 13.4 Å². The summed E-state index contributed by atoms with van der Waals surface area (Å²) in [6, 6.07) is 18.6. The molecule has 2 aromatic heterocycles. The maximum atomic E-state index is 12.8. The Kier molecular flexibility index (Phi) is 5.84. The van der Waals surface area contributed by atoms with Gasteiger partial charge in [0.05, 0.1) is 29.9 Å². The van der Waals surface area contributed by atoms with Crippen molar-refractivity contribution in [3.05, 3.63) is 84.3 Å². The Balaban J connectivity index is 1.43. The van der Waals surface area contributed by atoms with Crippen LogP contribution in [0, 0.1) is 0 Å². The highest BCUT2D eigenvalue weighted by Gasteiger charge is 2.31. The van der Waals surface area contributed by atoms with Gasteiger partial charge in [0.1, 0.15) is 11.9 Å². The molecule has 3 aromatic rings. The molecule has 1 aliphatic rings. The van der Waals surface area contributed by atoms with Crippen molar-refractivity contribution in [2.45, 2.75) is 11.9 Å². The highest BCUT2D eigenvalue weighted by Crippen LogP contribution is 2.25. The highest BCUT2D eigenvalue weighted by molar-refractivity contribution is 7.88. The number of nitrogens with one attached hydrogen (secondary N) is 1. The minimum atomic E-state index is -3.42. The highest BCUT2D eigenvalue weighted by atomic mass is 32.2. The summed E-state index contributed by atoms with van der Waals surface area (Å²) in [7, 11) is -3.42. The summed E-state index contributed by atoms with van der Waals surface area (Å²) in [5.41, 5.74) is 2.28. The Hall–Kier alpha value is -2.81. The monoisotopic (exact) mass is 410 g/mol. The van der Waals surface area contributed by atoms with Crippen LogP contribution in [0.2, 0.25) is 0 Å². The third kappa shape index (κ3) is 4.97. The van der Waals surface area contributed by atoms with Crippen LogP contribution in [0.25, 0.3) is 0 Å². The molecule has 8 heteroatoms. The van der Waals surface area contributed by atoms with Gasteiger partial charge in [-0.05, 0) is 29.8 Å². The van der Waals surface area contributed by atoms with Crippen LogP contribution >= 0.6 is 0 Å². The third-order valence-corrected chi connectivity index (χ3v) is 6.48. The van der Waals surface area contributed by atoms with E-state index in [0.29, 0.717) is 18.8 Å². The summed E-state index contributed by atoms with van der Waals surface area (Å²) in [6.07, 6.45) is 3.02. The van der Waals surface area contributed by atoms with Crippen LogP contribution in [0.1, 0.15) is 17.4 Å². The first-order chi connectivity index (χ1) is 14.1. The number of anilines is 2.